The van der Waals surface area contributed by atoms with Crippen LogP contribution in [0.3, 0.4) is 0 Å². The topological polar surface area (TPSA) is 38.3 Å². The number of halogens is 1. The van der Waals surface area contributed by atoms with Gasteiger partial charge >= 0.3 is 0 Å². The van der Waals surface area contributed by atoms with Crippen molar-refractivity contribution < 1.29 is 9.53 Å². The number of ether oxygens (including phenoxy) is 1. The fourth-order valence-corrected chi connectivity index (χ4v) is 2.82. The molecule has 0 saturated heterocycles. The van der Waals surface area contributed by atoms with Crippen LogP contribution in [-0.4, -0.2) is 12.5 Å². The van der Waals surface area contributed by atoms with Crippen molar-refractivity contribution in [1.82, 2.24) is 0 Å². The fourth-order valence-electron chi connectivity index (χ4n) is 2.70. The molecule has 1 aliphatic carbocycles. The standard InChI is InChI=1S/C18H18ClNO2/c1-12-9-16(7-8-17(12)19)22-11-18(21)20-15-6-5-13-3-2-4-14(13)10-15/h5-10H,2-4,11H2,1H3,(H,20,21). The molecule has 3 rings (SSSR count). The Morgan fingerprint density at radius 2 is 2.00 bits per heavy atom. The van der Waals surface area contributed by atoms with E-state index >= 15 is 0 Å². The minimum absolute atomic E-state index is 0.0157. The molecule has 0 saturated carbocycles. The lowest BCUT2D eigenvalue weighted by atomic mass is 10.1. The van der Waals surface area contributed by atoms with E-state index < -0.39 is 0 Å². The van der Waals surface area contributed by atoms with Gasteiger partial charge in [-0.2, -0.15) is 0 Å². The summed E-state index contributed by atoms with van der Waals surface area (Å²) in [6.07, 6.45) is 3.44. The van der Waals surface area contributed by atoms with E-state index in [1.54, 1.807) is 12.1 Å². The van der Waals surface area contributed by atoms with E-state index in [2.05, 4.69) is 17.4 Å². The van der Waals surface area contributed by atoms with Gasteiger partial charge in [-0.1, -0.05) is 17.7 Å². The fraction of sp³-hybridized carbons (Fsp3) is 0.278. The molecule has 0 heterocycles. The molecule has 0 aliphatic heterocycles. The van der Waals surface area contributed by atoms with E-state index in [1.165, 1.54) is 17.5 Å². The zero-order valence-corrected chi connectivity index (χ0v) is 13.2. The van der Waals surface area contributed by atoms with Crippen LogP contribution in [0.4, 0.5) is 5.69 Å². The molecule has 3 nitrogen and oxygen atoms in total. The average Bonchev–Trinajstić information content (AvgIpc) is 2.96. The maximum Gasteiger partial charge on any atom is 0.262 e. The first-order valence-corrected chi connectivity index (χ1v) is 7.80. The van der Waals surface area contributed by atoms with Crippen molar-refractivity contribution in [3.63, 3.8) is 0 Å². The average molecular weight is 316 g/mol. The van der Waals surface area contributed by atoms with Gasteiger partial charge in [0.15, 0.2) is 6.61 Å². The van der Waals surface area contributed by atoms with Gasteiger partial charge in [0.1, 0.15) is 5.75 Å². The first-order chi connectivity index (χ1) is 10.6. The highest BCUT2D eigenvalue weighted by atomic mass is 35.5. The third-order valence-corrected chi connectivity index (χ3v) is 4.31. The third-order valence-electron chi connectivity index (χ3n) is 3.88. The quantitative estimate of drug-likeness (QED) is 0.920. The Balaban J connectivity index is 1.57. The van der Waals surface area contributed by atoms with Crippen LogP contribution in [0.5, 0.6) is 5.75 Å². The van der Waals surface area contributed by atoms with Gasteiger partial charge in [-0.3, -0.25) is 4.79 Å². The second kappa shape index (κ2) is 6.41. The van der Waals surface area contributed by atoms with Gasteiger partial charge in [-0.15, -0.1) is 0 Å². The Bertz CT molecular complexity index is 712. The van der Waals surface area contributed by atoms with Crippen LogP contribution in [0.15, 0.2) is 36.4 Å². The number of carbonyl (C=O) groups excluding carboxylic acids is 1. The minimum Gasteiger partial charge on any atom is -0.484 e. The van der Waals surface area contributed by atoms with Crippen molar-refractivity contribution in [2.75, 3.05) is 11.9 Å². The number of benzene rings is 2. The molecule has 0 spiro atoms. The number of carbonyl (C=O) groups is 1. The molecule has 2 aromatic carbocycles. The molecular weight excluding hydrogens is 298 g/mol. The lowest BCUT2D eigenvalue weighted by Gasteiger charge is -2.09. The Kier molecular flexibility index (Phi) is 4.34. The molecule has 0 bridgehead atoms. The van der Waals surface area contributed by atoms with Crippen molar-refractivity contribution in [3.05, 3.63) is 58.1 Å². The van der Waals surface area contributed by atoms with E-state index in [0.29, 0.717) is 10.8 Å². The largest absolute Gasteiger partial charge is 0.484 e. The van der Waals surface area contributed by atoms with Crippen molar-refractivity contribution in [2.45, 2.75) is 26.2 Å². The zero-order valence-electron chi connectivity index (χ0n) is 12.5. The summed E-state index contributed by atoms with van der Waals surface area (Å²) < 4.78 is 5.50. The number of amides is 1. The summed E-state index contributed by atoms with van der Waals surface area (Å²) in [4.78, 5) is 12.0. The van der Waals surface area contributed by atoms with Crippen molar-refractivity contribution in [3.8, 4) is 5.75 Å². The number of nitrogens with one attached hydrogen (secondary N) is 1. The second-order valence-electron chi connectivity index (χ2n) is 5.58. The summed E-state index contributed by atoms with van der Waals surface area (Å²) in [5.41, 5.74) is 4.50. The van der Waals surface area contributed by atoms with Gasteiger partial charge in [0, 0.05) is 10.7 Å². The van der Waals surface area contributed by atoms with Crippen LogP contribution >= 0.6 is 11.6 Å². The van der Waals surface area contributed by atoms with Gasteiger partial charge in [-0.05, 0) is 73.2 Å². The molecule has 1 N–H and O–H groups in total. The van der Waals surface area contributed by atoms with E-state index in [0.717, 1.165) is 24.1 Å². The molecule has 22 heavy (non-hydrogen) atoms. The summed E-state index contributed by atoms with van der Waals surface area (Å²) in [5, 5.41) is 3.57. The van der Waals surface area contributed by atoms with Gasteiger partial charge in [0.2, 0.25) is 0 Å². The Morgan fingerprint density at radius 1 is 1.18 bits per heavy atom. The van der Waals surface area contributed by atoms with Gasteiger partial charge in [-0.25, -0.2) is 0 Å². The monoisotopic (exact) mass is 315 g/mol. The highest BCUT2D eigenvalue weighted by molar-refractivity contribution is 6.31. The summed E-state index contributed by atoms with van der Waals surface area (Å²) in [6.45, 7) is 1.89. The second-order valence-corrected chi connectivity index (χ2v) is 5.99. The van der Waals surface area contributed by atoms with E-state index in [9.17, 15) is 4.79 Å². The predicted molar refractivity (Wildman–Crippen MR) is 88.8 cm³/mol. The van der Waals surface area contributed by atoms with Crippen LogP contribution < -0.4 is 10.1 Å². The SMILES string of the molecule is Cc1cc(OCC(=O)Nc2ccc3c(c2)CCC3)ccc1Cl. The maximum atomic E-state index is 12.0. The predicted octanol–water partition coefficient (Wildman–Crippen LogP) is 4.15. The molecular formula is C18H18ClNO2. The van der Waals surface area contributed by atoms with E-state index in [4.69, 9.17) is 16.3 Å². The summed E-state index contributed by atoms with van der Waals surface area (Å²) in [7, 11) is 0. The molecule has 4 heteroatoms. The van der Waals surface area contributed by atoms with Crippen LogP contribution in [-0.2, 0) is 17.6 Å². The van der Waals surface area contributed by atoms with E-state index in [-0.39, 0.29) is 12.5 Å². The summed E-state index contributed by atoms with van der Waals surface area (Å²) >= 11 is 5.96. The highest BCUT2D eigenvalue weighted by Gasteiger charge is 2.12. The van der Waals surface area contributed by atoms with Crippen LogP contribution in [0.1, 0.15) is 23.1 Å². The summed E-state index contributed by atoms with van der Waals surface area (Å²) in [5.74, 6) is 0.483. The third kappa shape index (κ3) is 3.42. The number of anilines is 1. The number of hydrogen-bond acceptors (Lipinski definition) is 2. The van der Waals surface area contributed by atoms with E-state index in [1.807, 2.05) is 19.1 Å². The summed E-state index contributed by atoms with van der Waals surface area (Å²) in [6, 6.07) is 11.5. The molecule has 0 atom stereocenters. The van der Waals surface area contributed by atoms with Gasteiger partial charge in [0.05, 0.1) is 0 Å². The lowest BCUT2D eigenvalue weighted by Crippen LogP contribution is -2.20. The normalized spacial score (nSPS) is 12.8. The number of fused-ring (bicyclic) bond motifs is 1. The van der Waals surface area contributed by atoms with Crippen molar-refractivity contribution in [1.29, 1.82) is 0 Å². The first kappa shape index (κ1) is 14.9. The van der Waals surface area contributed by atoms with Gasteiger partial charge < -0.3 is 10.1 Å². The molecule has 2 aromatic rings. The van der Waals surface area contributed by atoms with Crippen molar-refractivity contribution >= 4 is 23.2 Å². The van der Waals surface area contributed by atoms with Crippen LogP contribution in [0, 0.1) is 6.92 Å². The highest BCUT2D eigenvalue weighted by Crippen LogP contribution is 2.25. The number of aryl methyl sites for hydroxylation is 3. The Labute approximate surface area is 135 Å². The molecule has 0 aromatic heterocycles. The smallest absolute Gasteiger partial charge is 0.262 e. The van der Waals surface area contributed by atoms with Crippen LogP contribution in [0.25, 0.3) is 0 Å². The molecule has 0 radical (unpaired) electrons. The van der Waals surface area contributed by atoms with Crippen molar-refractivity contribution in [2.24, 2.45) is 0 Å². The maximum absolute atomic E-state index is 12.0. The van der Waals surface area contributed by atoms with Gasteiger partial charge in [0.25, 0.3) is 5.91 Å². The molecule has 0 fully saturated rings. The Hall–Kier alpha value is -2.00. The molecule has 1 aliphatic rings. The Morgan fingerprint density at radius 3 is 2.82 bits per heavy atom. The zero-order chi connectivity index (χ0) is 15.5. The minimum atomic E-state index is -0.162. The number of rotatable bonds is 4. The lowest BCUT2D eigenvalue weighted by molar-refractivity contribution is -0.118. The molecule has 0 unspecified atom stereocenters. The molecule has 114 valence electrons. The number of hydrogen-bond donors (Lipinski definition) is 1. The molecule has 1 amide bonds. The van der Waals surface area contributed by atoms with Crippen LogP contribution in [0.2, 0.25) is 5.02 Å². The first-order valence-electron chi connectivity index (χ1n) is 7.42.